The fourth-order valence-electron chi connectivity index (χ4n) is 1.29. The molecule has 0 unspecified atom stereocenters. The number of hydrogen-bond donors (Lipinski definition) is 0. The van der Waals surface area contributed by atoms with Crippen molar-refractivity contribution in [3.8, 4) is 0 Å². The maximum absolute atomic E-state index is 4.13. The zero-order valence-corrected chi connectivity index (χ0v) is 9.15. The lowest BCUT2D eigenvalue weighted by molar-refractivity contribution is 0.706. The maximum atomic E-state index is 4.13. The van der Waals surface area contributed by atoms with Gasteiger partial charge in [-0.15, -0.1) is 5.98 Å². The van der Waals surface area contributed by atoms with E-state index in [4.69, 9.17) is 0 Å². The van der Waals surface area contributed by atoms with E-state index in [1.807, 2.05) is 0 Å². The summed E-state index contributed by atoms with van der Waals surface area (Å²) < 4.78 is 0. The minimum atomic E-state index is 0.574. The molecule has 12 heavy (non-hydrogen) atoms. The molecule has 0 aliphatic heterocycles. The van der Waals surface area contributed by atoms with Gasteiger partial charge in [0, 0.05) is 0 Å². The second kappa shape index (κ2) is 5.24. The van der Waals surface area contributed by atoms with Crippen LogP contribution >= 0.6 is 0 Å². The molecule has 0 saturated carbocycles. The highest BCUT2D eigenvalue weighted by atomic mass is 14.1. The molecule has 0 fully saturated rings. The van der Waals surface area contributed by atoms with Crippen molar-refractivity contribution in [3.05, 3.63) is 23.7 Å². The molecule has 0 nitrogen and oxygen atoms in total. The van der Waals surface area contributed by atoms with Crippen molar-refractivity contribution in [1.82, 2.24) is 0 Å². The zero-order valence-electron chi connectivity index (χ0n) is 9.15. The molecule has 0 saturated heterocycles. The van der Waals surface area contributed by atoms with Gasteiger partial charge >= 0.3 is 0 Å². The average molecular weight is 164 g/mol. The number of hydrogen-bond acceptors (Lipinski definition) is 0. The van der Waals surface area contributed by atoms with Crippen molar-refractivity contribution in [3.63, 3.8) is 0 Å². The molecule has 0 aliphatic carbocycles. The molecule has 0 amide bonds. The first-order valence-corrected chi connectivity index (χ1v) is 4.89. The fraction of sp³-hybridized carbons (Fsp3) is 0.636. The minimum Gasteiger partial charge on any atom is -0.116 e. The van der Waals surface area contributed by atoms with Gasteiger partial charge in [-0.05, 0) is 11.8 Å². The minimum absolute atomic E-state index is 0.574. The van der Waals surface area contributed by atoms with Crippen LogP contribution in [0.4, 0.5) is 0 Å². The second-order valence-corrected chi connectivity index (χ2v) is 3.90. The average Bonchev–Trinajstić information content (AvgIpc) is 1.98. The number of rotatable bonds is 4. The van der Waals surface area contributed by atoms with Crippen LogP contribution < -0.4 is 0 Å². The Kier molecular flexibility index (Phi) is 5.04. The van der Waals surface area contributed by atoms with Gasteiger partial charge in [-0.1, -0.05) is 52.2 Å². The third-order valence-corrected chi connectivity index (χ3v) is 2.11. The van der Waals surface area contributed by atoms with Crippen LogP contribution in [0.5, 0.6) is 0 Å². The van der Waals surface area contributed by atoms with Crippen LogP contribution in [0.1, 0.15) is 27.7 Å². The molecule has 0 heterocycles. The van der Waals surface area contributed by atoms with E-state index >= 15 is 0 Å². The van der Waals surface area contributed by atoms with Crippen LogP contribution in [0.3, 0.4) is 0 Å². The molecule has 1 heteroatoms. The Bertz CT molecular complexity index is 175. The molecule has 0 aliphatic rings. The van der Waals surface area contributed by atoms with E-state index in [1.165, 1.54) is 11.1 Å². The molecule has 68 valence electrons. The predicted octanol–water partition coefficient (Wildman–Crippen LogP) is 3.22. The Balaban J connectivity index is 4.53. The summed E-state index contributed by atoms with van der Waals surface area (Å²) in [5.41, 5.74) is 2.74. The summed E-state index contributed by atoms with van der Waals surface area (Å²) in [5.74, 6) is 3.48. The van der Waals surface area contributed by atoms with E-state index in [9.17, 15) is 0 Å². The van der Waals surface area contributed by atoms with Crippen molar-refractivity contribution in [2.24, 2.45) is 11.8 Å². The monoisotopic (exact) mass is 164 g/mol. The molecule has 0 bridgehead atoms. The molecule has 0 aromatic heterocycles. The third-order valence-electron chi connectivity index (χ3n) is 2.11. The predicted molar refractivity (Wildman–Crippen MR) is 59.9 cm³/mol. The van der Waals surface area contributed by atoms with Gasteiger partial charge in [0.1, 0.15) is 7.28 Å². The highest BCUT2D eigenvalue weighted by Gasteiger charge is 2.09. The van der Waals surface area contributed by atoms with E-state index < -0.39 is 0 Å². The highest BCUT2D eigenvalue weighted by molar-refractivity contribution is 6.40. The van der Waals surface area contributed by atoms with Gasteiger partial charge in [-0.3, -0.25) is 0 Å². The molecule has 0 aromatic rings. The Labute approximate surface area is 78.0 Å². The standard InChI is InChI=1S/C11H21B/c1-8(2)10(5)11(7-12-6)9(3)4/h7-9,12H,5H2,1-4,6H3/b11-7-. The molecule has 0 aromatic carbocycles. The van der Waals surface area contributed by atoms with Gasteiger partial charge < -0.3 is 0 Å². The summed E-state index contributed by atoms with van der Waals surface area (Å²) in [6.45, 7) is 15.2. The summed E-state index contributed by atoms with van der Waals surface area (Å²) in [6, 6.07) is 0. The Morgan fingerprint density at radius 3 is 1.92 bits per heavy atom. The van der Waals surface area contributed by atoms with Crippen LogP contribution in [0, 0.1) is 11.8 Å². The van der Waals surface area contributed by atoms with Gasteiger partial charge in [0.2, 0.25) is 0 Å². The van der Waals surface area contributed by atoms with Crippen LogP contribution in [0.25, 0.3) is 0 Å². The van der Waals surface area contributed by atoms with Crippen LogP contribution in [-0.2, 0) is 0 Å². The molecular weight excluding hydrogens is 143 g/mol. The quantitative estimate of drug-likeness (QED) is 0.442. The topological polar surface area (TPSA) is 0 Å². The second-order valence-electron chi connectivity index (χ2n) is 3.90. The van der Waals surface area contributed by atoms with Gasteiger partial charge in [0.05, 0.1) is 0 Å². The van der Waals surface area contributed by atoms with E-state index in [0.717, 1.165) is 7.28 Å². The first kappa shape index (κ1) is 11.5. The molecule has 0 rings (SSSR count). The van der Waals surface area contributed by atoms with Crippen molar-refractivity contribution < 1.29 is 0 Å². The lowest BCUT2D eigenvalue weighted by atomic mass is 9.75. The van der Waals surface area contributed by atoms with E-state index in [1.54, 1.807) is 0 Å². The molecular formula is C11H21B. The molecule has 0 spiro atoms. The van der Waals surface area contributed by atoms with Crippen LogP contribution in [-0.4, -0.2) is 7.28 Å². The Morgan fingerprint density at radius 2 is 1.67 bits per heavy atom. The molecule has 0 radical (unpaired) electrons. The van der Waals surface area contributed by atoms with Gasteiger partial charge in [0.15, 0.2) is 0 Å². The van der Waals surface area contributed by atoms with Gasteiger partial charge in [-0.25, -0.2) is 0 Å². The first-order chi connectivity index (χ1) is 5.50. The highest BCUT2D eigenvalue weighted by Crippen LogP contribution is 2.23. The summed E-state index contributed by atoms with van der Waals surface area (Å²) >= 11 is 0. The van der Waals surface area contributed by atoms with Crippen molar-refractivity contribution in [1.29, 1.82) is 0 Å². The summed E-state index contributed by atoms with van der Waals surface area (Å²) in [4.78, 5) is 0. The summed E-state index contributed by atoms with van der Waals surface area (Å²) in [6.07, 6.45) is 0. The van der Waals surface area contributed by atoms with E-state index in [0.29, 0.717) is 11.8 Å². The SMILES string of the molecule is C=C(/C(=C\BC)C(C)C)C(C)C. The largest absolute Gasteiger partial charge is 0.145 e. The number of allylic oxidation sites excluding steroid dienone is 2. The van der Waals surface area contributed by atoms with Crippen molar-refractivity contribution in [2.75, 3.05) is 0 Å². The Hall–Kier alpha value is -0.455. The molecule has 0 atom stereocenters. The summed E-state index contributed by atoms with van der Waals surface area (Å²) in [7, 11) is 1.11. The molecule has 0 N–H and O–H groups in total. The maximum Gasteiger partial charge on any atom is 0.145 e. The fourth-order valence-corrected chi connectivity index (χ4v) is 1.29. The van der Waals surface area contributed by atoms with E-state index in [2.05, 4.69) is 47.1 Å². The summed E-state index contributed by atoms with van der Waals surface area (Å²) in [5, 5.41) is 0. The third kappa shape index (κ3) is 3.29. The van der Waals surface area contributed by atoms with Crippen molar-refractivity contribution >= 4 is 7.28 Å². The lowest BCUT2D eigenvalue weighted by Gasteiger charge is -2.17. The Morgan fingerprint density at radius 1 is 1.17 bits per heavy atom. The van der Waals surface area contributed by atoms with Crippen molar-refractivity contribution in [2.45, 2.75) is 34.5 Å². The smallest absolute Gasteiger partial charge is 0.116 e. The van der Waals surface area contributed by atoms with Crippen LogP contribution in [0.2, 0.25) is 6.82 Å². The van der Waals surface area contributed by atoms with E-state index in [-0.39, 0.29) is 0 Å². The normalized spacial score (nSPS) is 12.4. The lowest BCUT2D eigenvalue weighted by Crippen LogP contribution is -2.04. The zero-order chi connectivity index (χ0) is 9.72. The van der Waals surface area contributed by atoms with Gasteiger partial charge in [-0.2, -0.15) is 0 Å². The van der Waals surface area contributed by atoms with Gasteiger partial charge in [0.25, 0.3) is 0 Å². The first-order valence-electron chi connectivity index (χ1n) is 4.89. The van der Waals surface area contributed by atoms with Crippen LogP contribution in [0.15, 0.2) is 23.7 Å².